The van der Waals surface area contributed by atoms with Gasteiger partial charge in [-0.2, -0.15) is 0 Å². The molecule has 0 spiro atoms. The van der Waals surface area contributed by atoms with E-state index in [1.165, 1.54) is 6.07 Å². The van der Waals surface area contributed by atoms with E-state index >= 15 is 0 Å². The maximum atomic E-state index is 11.9. The smallest absolute Gasteiger partial charge is 0.344 e. The number of aromatic hydroxyl groups is 1. The maximum absolute atomic E-state index is 11.9. The summed E-state index contributed by atoms with van der Waals surface area (Å²) in [5, 5.41) is 14.5. The Kier molecular flexibility index (Phi) is 2.23. The minimum atomic E-state index is -0.403. The topological polar surface area (TPSA) is 62.5 Å². The highest BCUT2D eigenvalue weighted by Crippen LogP contribution is 2.27. The van der Waals surface area contributed by atoms with Crippen molar-refractivity contribution in [3.05, 3.63) is 46.8 Å². The number of benzene rings is 2. The molecule has 1 aromatic heterocycles. The van der Waals surface area contributed by atoms with Gasteiger partial charge in [0.25, 0.3) is 0 Å². The molecule has 1 heterocycles. The number of phenols is 1. The zero-order valence-corrected chi connectivity index (χ0v) is 9.73. The van der Waals surface area contributed by atoms with Crippen LogP contribution in [0.15, 0.2) is 45.6 Å². The predicted octanol–water partition coefficient (Wildman–Crippen LogP) is 2.69. The van der Waals surface area contributed by atoms with Gasteiger partial charge in [-0.3, -0.25) is 0 Å². The van der Waals surface area contributed by atoms with Gasteiger partial charge in [0.15, 0.2) is 0 Å². The van der Waals surface area contributed by atoms with Crippen LogP contribution in [0.2, 0.25) is 0 Å². The normalized spacial score (nSPS) is 10.9. The molecular formula is C14H11NO3. The Morgan fingerprint density at radius 3 is 2.61 bits per heavy atom. The Hall–Kier alpha value is -2.49. The summed E-state index contributed by atoms with van der Waals surface area (Å²) in [5.74, 6) is 0.0804. The van der Waals surface area contributed by atoms with Gasteiger partial charge in [-0.1, -0.05) is 6.07 Å². The minimum absolute atomic E-state index is 0.0804. The summed E-state index contributed by atoms with van der Waals surface area (Å²) in [5.41, 5.74) is 0.845. The monoisotopic (exact) mass is 241 g/mol. The van der Waals surface area contributed by atoms with E-state index in [4.69, 9.17) is 4.42 Å². The van der Waals surface area contributed by atoms with Crippen LogP contribution in [0.25, 0.3) is 21.7 Å². The van der Waals surface area contributed by atoms with Gasteiger partial charge in [0, 0.05) is 29.6 Å². The summed E-state index contributed by atoms with van der Waals surface area (Å²) in [7, 11) is 1.79. The number of fused-ring (bicyclic) bond motifs is 3. The first-order valence-corrected chi connectivity index (χ1v) is 5.56. The highest BCUT2D eigenvalue weighted by atomic mass is 16.4. The molecule has 3 rings (SSSR count). The van der Waals surface area contributed by atoms with Crippen molar-refractivity contribution in [2.75, 3.05) is 12.4 Å². The fourth-order valence-corrected chi connectivity index (χ4v) is 2.08. The SMILES string of the molecule is CNc1ccc2c(c1)c(=O)oc1cc(O)ccc12. The van der Waals surface area contributed by atoms with Crippen LogP contribution in [-0.4, -0.2) is 12.2 Å². The first-order valence-electron chi connectivity index (χ1n) is 5.56. The fourth-order valence-electron chi connectivity index (χ4n) is 2.08. The summed E-state index contributed by atoms with van der Waals surface area (Å²) < 4.78 is 5.21. The third-order valence-electron chi connectivity index (χ3n) is 2.99. The van der Waals surface area contributed by atoms with Crippen molar-refractivity contribution in [2.45, 2.75) is 0 Å². The Morgan fingerprint density at radius 1 is 1.06 bits per heavy atom. The molecule has 18 heavy (non-hydrogen) atoms. The Balaban J connectivity index is 2.51. The van der Waals surface area contributed by atoms with Crippen molar-refractivity contribution in [3.63, 3.8) is 0 Å². The zero-order valence-electron chi connectivity index (χ0n) is 9.73. The quantitative estimate of drug-likeness (QED) is 0.508. The molecule has 0 saturated carbocycles. The van der Waals surface area contributed by atoms with Crippen LogP contribution in [0.4, 0.5) is 5.69 Å². The highest BCUT2D eigenvalue weighted by Gasteiger charge is 2.08. The van der Waals surface area contributed by atoms with E-state index in [-0.39, 0.29) is 5.75 Å². The van der Waals surface area contributed by atoms with Gasteiger partial charge >= 0.3 is 5.63 Å². The van der Waals surface area contributed by atoms with Crippen molar-refractivity contribution in [1.82, 2.24) is 0 Å². The molecule has 0 bridgehead atoms. The molecule has 90 valence electrons. The molecule has 0 unspecified atom stereocenters. The lowest BCUT2D eigenvalue weighted by Crippen LogP contribution is -2.00. The molecule has 4 nitrogen and oxygen atoms in total. The van der Waals surface area contributed by atoms with Gasteiger partial charge in [0.05, 0.1) is 5.39 Å². The van der Waals surface area contributed by atoms with Crippen LogP contribution in [0.1, 0.15) is 0 Å². The van der Waals surface area contributed by atoms with Gasteiger partial charge in [0.2, 0.25) is 0 Å². The average Bonchev–Trinajstić information content (AvgIpc) is 2.38. The van der Waals surface area contributed by atoms with Gasteiger partial charge in [-0.05, 0) is 24.3 Å². The number of anilines is 1. The Labute approximate surface area is 102 Å². The second-order valence-electron chi connectivity index (χ2n) is 4.08. The lowest BCUT2D eigenvalue weighted by molar-refractivity contribution is 0.473. The van der Waals surface area contributed by atoms with Crippen molar-refractivity contribution in [3.8, 4) is 5.75 Å². The van der Waals surface area contributed by atoms with E-state index in [9.17, 15) is 9.90 Å². The van der Waals surface area contributed by atoms with Gasteiger partial charge in [0.1, 0.15) is 11.3 Å². The summed E-state index contributed by atoms with van der Waals surface area (Å²) in [6.07, 6.45) is 0. The van der Waals surface area contributed by atoms with Gasteiger partial charge < -0.3 is 14.8 Å². The molecule has 0 fully saturated rings. The van der Waals surface area contributed by atoms with Crippen molar-refractivity contribution in [2.24, 2.45) is 0 Å². The molecule has 0 saturated heterocycles. The lowest BCUT2D eigenvalue weighted by Gasteiger charge is -2.05. The molecule has 2 N–H and O–H groups in total. The van der Waals surface area contributed by atoms with Crippen LogP contribution in [0, 0.1) is 0 Å². The summed E-state index contributed by atoms with van der Waals surface area (Å²) >= 11 is 0. The van der Waals surface area contributed by atoms with E-state index in [1.54, 1.807) is 25.2 Å². The lowest BCUT2D eigenvalue weighted by atomic mass is 10.1. The first kappa shape index (κ1) is 10.7. The number of rotatable bonds is 1. The maximum Gasteiger partial charge on any atom is 0.344 e. The Bertz CT molecular complexity index is 805. The van der Waals surface area contributed by atoms with Crippen molar-refractivity contribution in [1.29, 1.82) is 0 Å². The summed E-state index contributed by atoms with van der Waals surface area (Å²) in [4.78, 5) is 11.9. The van der Waals surface area contributed by atoms with E-state index in [1.807, 2.05) is 12.1 Å². The van der Waals surface area contributed by atoms with Gasteiger partial charge in [-0.25, -0.2) is 4.79 Å². The standard InChI is InChI=1S/C14H11NO3/c1-15-8-2-4-10-11-5-3-9(16)7-13(11)18-14(17)12(10)6-8/h2-7,15-16H,1H3. The van der Waals surface area contributed by atoms with Gasteiger partial charge in [-0.15, -0.1) is 0 Å². The predicted molar refractivity (Wildman–Crippen MR) is 71.2 cm³/mol. The molecule has 0 amide bonds. The van der Waals surface area contributed by atoms with Crippen LogP contribution in [0.3, 0.4) is 0 Å². The van der Waals surface area contributed by atoms with E-state index in [0.29, 0.717) is 11.0 Å². The van der Waals surface area contributed by atoms with Crippen LogP contribution >= 0.6 is 0 Å². The molecule has 0 radical (unpaired) electrons. The second-order valence-corrected chi connectivity index (χ2v) is 4.08. The molecule has 0 aliphatic carbocycles. The third-order valence-corrected chi connectivity index (χ3v) is 2.99. The van der Waals surface area contributed by atoms with E-state index in [2.05, 4.69) is 5.32 Å². The van der Waals surface area contributed by atoms with Crippen LogP contribution < -0.4 is 10.9 Å². The molecule has 0 aliphatic rings. The molecule has 0 atom stereocenters. The van der Waals surface area contributed by atoms with Crippen LogP contribution in [0.5, 0.6) is 5.75 Å². The van der Waals surface area contributed by atoms with Crippen molar-refractivity contribution < 1.29 is 9.52 Å². The number of hydrogen-bond donors (Lipinski definition) is 2. The van der Waals surface area contributed by atoms with Crippen LogP contribution in [-0.2, 0) is 0 Å². The zero-order chi connectivity index (χ0) is 12.7. The molecule has 0 aliphatic heterocycles. The number of phenolic OH excluding ortho intramolecular Hbond substituents is 1. The Morgan fingerprint density at radius 2 is 1.83 bits per heavy atom. The molecule has 2 aromatic carbocycles. The second kappa shape index (κ2) is 3.77. The summed E-state index contributed by atoms with van der Waals surface area (Å²) in [6, 6.07) is 10.3. The summed E-state index contributed by atoms with van der Waals surface area (Å²) in [6.45, 7) is 0. The van der Waals surface area contributed by atoms with E-state index < -0.39 is 5.63 Å². The first-order chi connectivity index (χ1) is 8.69. The number of hydrogen-bond acceptors (Lipinski definition) is 4. The largest absolute Gasteiger partial charge is 0.508 e. The highest BCUT2D eigenvalue weighted by molar-refractivity contribution is 6.05. The van der Waals surface area contributed by atoms with E-state index in [0.717, 1.165) is 16.5 Å². The number of nitrogens with one attached hydrogen (secondary N) is 1. The minimum Gasteiger partial charge on any atom is -0.508 e. The fraction of sp³-hybridized carbons (Fsp3) is 0.0714. The molecular weight excluding hydrogens is 230 g/mol. The van der Waals surface area contributed by atoms with Crippen molar-refractivity contribution >= 4 is 27.4 Å². The third kappa shape index (κ3) is 1.50. The molecule has 4 heteroatoms. The molecule has 3 aromatic rings. The average molecular weight is 241 g/mol.